The molecule has 2 aliphatic rings. The second-order valence-corrected chi connectivity index (χ2v) is 6.70. The summed E-state index contributed by atoms with van der Waals surface area (Å²) in [6.45, 7) is 8.52. The van der Waals surface area contributed by atoms with Crippen molar-refractivity contribution in [3.05, 3.63) is 0 Å². The molecule has 0 aromatic carbocycles. The van der Waals surface area contributed by atoms with Crippen LogP contribution in [0.2, 0.25) is 0 Å². The topological polar surface area (TPSA) is 37.3 Å². The van der Waals surface area contributed by atoms with Gasteiger partial charge in [-0.25, -0.2) is 0 Å². The fraction of sp³-hybridized carbons (Fsp3) is 0.933. The highest BCUT2D eigenvalue weighted by atomic mass is 16.3. The largest absolute Gasteiger partial charge is 0.389 e. The van der Waals surface area contributed by atoms with Gasteiger partial charge in [-0.1, -0.05) is 27.7 Å². The summed E-state index contributed by atoms with van der Waals surface area (Å²) >= 11 is 0. The normalized spacial score (nSPS) is 47.1. The SMILES string of the molecule is CC(C)[C@@H]1CC[C@@H](C)[C@@]2(O)CC[C@@H](C)C(=O)[C@@H]12. The molecule has 0 heterocycles. The maximum absolute atomic E-state index is 12.5. The zero-order chi connectivity index (χ0) is 12.8. The summed E-state index contributed by atoms with van der Waals surface area (Å²) in [7, 11) is 0. The summed E-state index contributed by atoms with van der Waals surface area (Å²) in [4.78, 5) is 12.5. The number of ketones is 1. The van der Waals surface area contributed by atoms with Crippen molar-refractivity contribution in [2.45, 2.75) is 59.0 Å². The smallest absolute Gasteiger partial charge is 0.141 e. The van der Waals surface area contributed by atoms with Crippen LogP contribution in [0.1, 0.15) is 53.4 Å². The van der Waals surface area contributed by atoms with Crippen molar-refractivity contribution in [1.82, 2.24) is 0 Å². The number of carbonyl (C=O) groups is 1. The van der Waals surface area contributed by atoms with Gasteiger partial charge in [0.15, 0.2) is 0 Å². The average Bonchev–Trinajstić information content (AvgIpc) is 2.26. The molecule has 0 aromatic heterocycles. The van der Waals surface area contributed by atoms with Crippen molar-refractivity contribution in [2.24, 2.45) is 29.6 Å². The van der Waals surface area contributed by atoms with Crippen LogP contribution in [0.15, 0.2) is 0 Å². The molecule has 0 spiro atoms. The number of aliphatic hydroxyl groups is 1. The first-order chi connectivity index (χ1) is 7.88. The average molecular weight is 238 g/mol. The molecule has 98 valence electrons. The maximum Gasteiger partial charge on any atom is 0.141 e. The lowest BCUT2D eigenvalue weighted by molar-refractivity contribution is -0.170. The Bertz CT molecular complexity index is 310. The Balaban J connectivity index is 2.35. The molecule has 2 nitrogen and oxygen atoms in total. The molecule has 2 heteroatoms. The fourth-order valence-electron chi connectivity index (χ4n) is 4.01. The van der Waals surface area contributed by atoms with Crippen LogP contribution in [0.3, 0.4) is 0 Å². The van der Waals surface area contributed by atoms with Gasteiger partial charge in [0.1, 0.15) is 5.78 Å². The summed E-state index contributed by atoms with van der Waals surface area (Å²) in [6.07, 6.45) is 3.84. The third kappa shape index (κ3) is 1.95. The van der Waals surface area contributed by atoms with Crippen molar-refractivity contribution < 1.29 is 9.90 Å². The Morgan fingerprint density at radius 1 is 1.24 bits per heavy atom. The van der Waals surface area contributed by atoms with Gasteiger partial charge in [-0.05, 0) is 43.4 Å². The molecule has 17 heavy (non-hydrogen) atoms. The van der Waals surface area contributed by atoms with Crippen LogP contribution >= 0.6 is 0 Å². The number of carbonyl (C=O) groups excluding carboxylic acids is 1. The second-order valence-electron chi connectivity index (χ2n) is 6.70. The Labute approximate surface area is 105 Å². The van der Waals surface area contributed by atoms with Crippen molar-refractivity contribution in [3.8, 4) is 0 Å². The second kappa shape index (κ2) is 4.38. The number of hydrogen-bond donors (Lipinski definition) is 1. The summed E-state index contributed by atoms with van der Waals surface area (Å²) in [5, 5.41) is 10.9. The van der Waals surface area contributed by atoms with E-state index in [1.807, 2.05) is 6.92 Å². The molecule has 0 bridgehead atoms. The van der Waals surface area contributed by atoms with Gasteiger partial charge in [0, 0.05) is 5.92 Å². The highest BCUT2D eigenvalue weighted by Crippen LogP contribution is 2.51. The van der Waals surface area contributed by atoms with Gasteiger partial charge in [-0.15, -0.1) is 0 Å². The van der Waals surface area contributed by atoms with E-state index in [1.165, 1.54) is 0 Å². The minimum Gasteiger partial charge on any atom is -0.389 e. The Kier molecular flexibility index (Phi) is 3.37. The number of rotatable bonds is 1. The monoisotopic (exact) mass is 238 g/mol. The van der Waals surface area contributed by atoms with Crippen molar-refractivity contribution in [3.63, 3.8) is 0 Å². The van der Waals surface area contributed by atoms with Crippen LogP contribution in [0.4, 0.5) is 0 Å². The van der Waals surface area contributed by atoms with E-state index in [9.17, 15) is 9.90 Å². The Morgan fingerprint density at radius 2 is 1.88 bits per heavy atom. The molecule has 0 aromatic rings. The maximum atomic E-state index is 12.5. The number of Topliss-reactive ketones (excluding diaryl/α,β-unsaturated/α-hetero) is 1. The molecule has 2 saturated carbocycles. The molecule has 0 amide bonds. The minimum atomic E-state index is -0.712. The molecular weight excluding hydrogens is 212 g/mol. The van der Waals surface area contributed by atoms with Gasteiger partial charge in [0.25, 0.3) is 0 Å². The number of fused-ring (bicyclic) bond motifs is 1. The van der Waals surface area contributed by atoms with Gasteiger partial charge >= 0.3 is 0 Å². The molecular formula is C15H26O2. The predicted molar refractivity (Wildman–Crippen MR) is 68.6 cm³/mol. The number of hydrogen-bond acceptors (Lipinski definition) is 2. The quantitative estimate of drug-likeness (QED) is 0.762. The van der Waals surface area contributed by atoms with Gasteiger partial charge in [-0.2, -0.15) is 0 Å². The molecule has 1 N–H and O–H groups in total. The molecule has 0 aliphatic heterocycles. The summed E-state index contributed by atoms with van der Waals surface area (Å²) in [5.41, 5.74) is -0.712. The minimum absolute atomic E-state index is 0.102. The predicted octanol–water partition coefficient (Wildman–Crippen LogP) is 3.03. The highest BCUT2D eigenvalue weighted by Gasteiger charge is 2.55. The first-order valence-electron chi connectivity index (χ1n) is 7.14. The third-order valence-electron chi connectivity index (χ3n) is 5.38. The van der Waals surface area contributed by atoms with E-state index in [0.29, 0.717) is 17.6 Å². The van der Waals surface area contributed by atoms with E-state index in [1.54, 1.807) is 0 Å². The summed E-state index contributed by atoms with van der Waals surface area (Å²) in [6, 6.07) is 0. The molecule has 0 saturated heterocycles. The molecule has 2 aliphatic carbocycles. The first-order valence-corrected chi connectivity index (χ1v) is 7.14. The lowest BCUT2D eigenvalue weighted by atomic mass is 9.54. The Hall–Kier alpha value is -0.370. The van der Waals surface area contributed by atoms with Crippen LogP contribution in [0.25, 0.3) is 0 Å². The van der Waals surface area contributed by atoms with E-state index >= 15 is 0 Å². The van der Waals surface area contributed by atoms with Gasteiger partial charge < -0.3 is 5.11 Å². The van der Waals surface area contributed by atoms with Gasteiger partial charge in [-0.3, -0.25) is 4.79 Å². The molecule has 5 atom stereocenters. The zero-order valence-electron chi connectivity index (χ0n) is 11.6. The van der Waals surface area contributed by atoms with E-state index in [-0.39, 0.29) is 17.8 Å². The van der Waals surface area contributed by atoms with Crippen molar-refractivity contribution in [2.75, 3.05) is 0 Å². The van der Waals surface area contributed by atoms with E-state index < -0.39 is 5.60 Å². The lowest BCUT2D eigenvalue weighted by Crippen LogP contribution is -2.58. The van der Waals surface area contributed by atoms with E-state index in [4.69, 9.17) is 0 Å². The summed E-state index contributed by atoms with van der Waals surface area (Å²) in [5.74, 6) is 1.52. The highest BCUT2D eigenvalue weighted by molar-refractivity contribution is 5.85. The summed E-state index contributed by atoms with van der Waals surface area (Å²) < 4.78 is 0. The van der Waals surface area contributed by atoms with E-state index in [0.717, 1.165) is 25.7 Å². The lowest BCUT2D eigenvalue weighted by Gasteiger charge is -2.52. The van der Waals surface area contributed by atoms with Crippen LogP contribution in [-0.4, -0.2) is 16.5 Å². The van der Waals surface area contributed by atoms with Crippen molar-refractivity contribution >= 4 is 5.78 Å². The van der Waals surface area contributed by atoms with E-state index in [2.05, 4.69) is 20.8 Å². The van der Waals surface area contributed by atoms with Crippen molar-refractivity contribution in [1.29, 1.82) is 0 Å². The van der Waals surface area contributed by atoms with Crippen LogP contribution in [-0.2, 0) is 4.79 Å². The molecule has 2 rings (SSSR count). The molecule has 0 radical (unpaired) electrons. The van der Waals surface area contributed by atoms with Crippen LogP contribution in [0, 0.1) is 29.6 Å². The molecule has 2 fully saturated rings. The zero-order valence-corrected chi connectivity index (χ0v) is 11.6. The van der Waals surface area contributed by atoms with Gasteiger partial charge in [0.2, 0.25) is 0 Å². The van der Waals surface area contributed by atoms with Gasteiger partial charge in [0.05, 0.1) is 11.5 Å². The third-order valence-corrected chi connectivity index (χ3v) is 5.38. The first kappa shape index (κ1) is 13.1. The van der Waals surface area contributed by atoms with Crippen LogP contribution in [0.5, 0.6) is 0 Å². The van der Waals surface area contributed by atoms with Crippen LogP contribution < -0.4 is 0 Å². The fourth-order valence-corrected chi connectivity index (χ4v) is 4.01. The standard InChI is InChI=1S/C15H26O2/c1-9(2)12-6-5-11(4)15(17)8-7-10(3)14(16)13(12)15/h9-13,17H,5-8H2,1-4H3/t10-,11-,12+,13-,15+/m1/s1. The Morgan fingerprint density at radius 3 is 2.47 bits per heavy atom. The molecule has 0 unspecified atom stereocenters.